The summed E-state index contributed by atoms with van der Waals surface area (Å²) in [7, 11) is 3.70. The summed E-state index contributed by atoms with van der Waals surface area (Å²) in [6.07, 6.45) is 6.61. The second-order valence-corrected chi connectivity index (χ2v) is 34.6. The molecule has 2 aromatic heterocycles. The van der Waals surface area contributed by atoms with E-state index in [0.29, 0.717) is 53.1 Å². The number of fused-ring (bicyclic) bond motifs is 2. The van der Waals surface area contributed by atoms with Gasteiger partial charge in [0, 0.05) is 58.6 Å². The van der Waals surface area contributed by atoms with E-state index in [1.807, 2.05) is 0 Å². The smallest absolute Gasteiger partial charge is 0.662 e. The van der Waals surface area contributed by atoms with Crippen molar-refractivity contribution in [2.45, 2.75) is 183 Å². The Labute approximate surface area is 765 Å². The molecule has 0 radical (unpaired) electrons. The van der Waals surface area contributed by atoms with Crippen LogP contribution < -0.4 is 115 Å². The van der Waals surface area contributed by atoms with Crippen LogP contribution in [0.2, 0.25) is 0 Å². The Morgan fingerprint density at radius 2 is 1.05 bits per heavy atom. The molecular formula is C79H96Br3CsN8O26S. The Balaban J connectivity index is 0.000000259. The Morgan fingerprint density at radius 3 is 1.47 bits per heavy atom. The van der Waals surface area contributed by atoms with Gasteiger partial charge in [0.25, 0.3) is 16.6 Å². The SMILES string of the molecule is C=C[C@@H]1C[C@]1(NC(=O)[C@@H]1C[C@@H](Oc2cc(C(=O)OC)nc3c(Br)c(OC)ccc23)CN1C(=O)[C@@H](NC(=O)OC1CCCC1)C(C)(C)C)C(=O)OC.C=C[C@@H]1C[C@]1(NC(=O)[C@@H]1C[C@H](OS(=O)(=O)c2ccc(Br)cc2)CN1C(=O)[C@@H](NC(=O)OC1CCCC1)C(C)(C)C)C(=O)OC.COC(=O)c1cc(=O)c2ccc(OC)c(Br)c2[nH]1.O=CO[O-].[Cs+]. The number of carbonyl (C=O) groups is 11. The average Bonchev–Trinajstić information content (AvgIpc) is 1.51. The van der Waals surface area contributed by atoms with Crippen LogP contribution in [-0.2, 0) is 81.2 Å². The minimum atomic E-state index is -4.26. The number of H-pyrrole nitrogens is 1. The number of ether oxygens (including phenoxy) is 9. The van der Waals surface area contributed by atoms with Crippen LogP contribution in [0.5, 0.6) is 17.2 Å². The molecule has 10 atom stereocenters. The minimum Gasteiger partial charge on any atom is -0.662 e. The van der Waals surface area contributed by atoms with Crippen LogP contribution in [0, 0.1) is 22.7 Å². The topological polar surface area (TPSA) is 447 Å². The van der Waals surface area contributed by atoms with Crippen molar-refractivity contribution in [1.29, 1.82) is 0 Å². The van der Waals surface area contributed by atoms with Crippen LogP contribution in [0.25, 0.3) is 21.8 Å². The molecule has 5 N–H and O–H groups in total. The fraction of sp³-hybridized carbons (Fsp3) is 0.506. The number of aromatic amines is 1. The number of halogens is 3. The van der Waals surface area contributed by atoms with Gasteiger partial charge in [-0.3, -0.25) is 33.0 Å². The fourth-order valence-corrected chi connectivity index (χ4v) is 16.8. The zero-order valence-electron chi connectivity index (χ0n) is 67.6. The maximum atomic E-state index is 14.5. The van der Waals surface area contributed by atoms with Crippen molar-refractivity contribution in [3.8, 4) is 17.2 Å². The molecule has 3 aromatic carbocycles. The standard InChI is InChI=1S/C36H45BrN4O10.C30H40BrN3O9S.C12H10BrNO4.CH2O3.Cs/c1-8-19-17-36(19,33(45)49-7)40-30(42)24-15-21(18-41(24)31(43)29(35(2,3)4)39-34(46)51-20-11-9-10-12-20)50-26-16-23(32(44)48-6)38-28-22(26)13-14-25(47-5)27(28)37;1-6-18-16-30(18,27(37)41-5)33-25(35)23-15-21(43-44(39,40)22-13-11-19(31)12-14-22)17-34(23)26(36)24(29(2,3)4)32-28(38)42-20-9-7-8-10-20;1-17-9-4-3-6-8(15)5-7(12(16)18-2)14-11(6)10(9)13;2-1-4-3;/h8,13-14,16,19-21,24,29H,1,9-12,15,17-18H2,2-7H3,(H,39,46)(H,40,42);6,11-14,18,20-21,23-24H,1,7-10,15-17H2,2-5H3,(H,32,38)(H,33,35);3-5H,1-2H3,(H,14,15);1,3H;/q;;;;+1/p-1/t19-,21-,24+,29-,36-;18-,21+,23+,24-,30-;;;/m11.../s1. The van der Waals surface area contributed by atoms with E-state index in [1.165, 1.54) is 76.7 Å². The van der Waals surface area contributed by atoms with Crippen LogP contribution in [0.15, 0.2) is 109 Å². The average molecular weight is 1980 g/mol. The van der Waals surface area contributed by atoms with Crippen molar-refractivity contribution in [3.05, 3.63) is 121 Å². The van der Waals surface area contributed by atoms with Gasteiger partial charge in [-0.05, 0) is 155 Å². The predicted molar refractivity (Wildman–Crippen MR) is 428 cm³/mol. The van der Waals surface area contributed by atoms with E-state index >= 15 is 0 Å². The molecule has 39 heteroatoms. The third kappa shape index (κ3) is 23.5. The third-order valence-corrected chi connectivity index (χ3v) is 24.1. The monoisotopic (exact) mass is 1970 g/mol. The number of carbonyl (C=O) groups excluding carboxylic acids is 11. The number of likely N-dealkylation sites (tertiary alicyclic amines) is 2. The number of hydrogen-bond donors (Lipinski definition) is 5. The zero-order valence-corrected chi connectivity index (χ0v) is 79.4. The summed E-state index contributed by atoms with van der Waals surface area (Å²) >= 11 is 10.1. The Hall–Kier alpha value is -7.71. The van der Waals surface area contributed by atoms with Crippen molar-refractivity contribution in [3.63, 3.8) is 0 Å². The zero-order chi connectivity index (χ0) is 86.4. The van der Waals surface area contributed by atoms with E-state index in [-0.39, 0.29) is 159 Å². The Kier molecular flexibility index (Phi) is 34.8. The number of esters is 4. The molecule has 4 heterocycles. The number of nitrogens with one attached hydrogen (secondary N) is 5. The number of aromatic nitrogens is 2. The number of benzene rings is 3. The first-order valence-corrected chi connectivity index (χ1v) is 41.0. The summed E-state index contributed by atoms with van der Waals surface area (Å²) in [5.74, 6) is -4.39. The Bertz CT molecular complexity index is 4760. The van der Waals surface area contributed by atoms with Gasteiger partial charge in [0.1, 0.15) is 76.5 Å². The fourth-order valence-electron chi connectivity index (χ4n) is 14.3. The van der Waals surface area contributed by atoms with Crippen LogP contribution in [0.3, 0.4) is 0 Å². The second-order valence-electron chi connectivity index (χ2n) is 30.6. The number of rotatable bonds is 24. The molecule has 118 heavy (non-hydrogen) atoms. The minimum absolute atomic E-state index is 0. The number of pyridine rings is 2. The van der Waals surface area contributed by atoms with Crippen molar-refractivity contribution in [1.82, 2.24) is 41.0 Å². The molecule has 636 valence electrons. The molecule has 2 aliphatic heterocycles. The number of alkyl carbamates (subject to hydrolysis) is 2. The van der Waals surface area contributed by atoms with Gasteiger partial charge in [0.15, 0.2) is 11.1 Å². The van der Waals surface area contributed by atoms with E-state index in [9.17, 15) is 61.2 Å². The van der Waals surface area contributed by atoms with Gasteiger partial charge >= 0.3 is 105 Å². The second kappa shape index (κ2) is 42.2. The van der Waals surface area contributed by atoms with E-state index in [2.05, 4.69) is 102 Å². The largest absolute Gasteiger partial charge is 1.00 e. The van der Waals surface area contributed by atoms with Gasteiger partial charge in [-0.2, -0.15) is 8.42 Å². The molecular weight excluding hydrogens is 1880 g/mol. The van der Waals surface area contributed by atoms with Crippen LogP contribution in [0.1, 0.15) is 140 Å². The molecule has 4 aliphatic carbocycles. The van der Waals surface area contributed by atoms with Crippen molar-refractivity contribution < 1.29 is 187 Å². The van der Waals surface area contributed by atoms with Crippen LogP contribution in [0.4, 0.5) is 9.59 Å². The molecule has 6 amide bonds. The van der Waals surface area contributed by atoms with Gasteiger partial charge in [-0.1, -0.05) is 69.6 Å². The first kappa shape index (κ1) is 97.4. The molecule has 6 fully saturated rings. The molecule has 0 unspecified atom stereocenters. The number of amides is 6. The van der Waals surface area contributed by atoms with Gasteiger partial charge in [0.05, 0.1) is 80.2 Å². The quantitative estimate of drug-likeness (QED) is 0.00978. The summed E-state index contributed by atoms with van der Waals surface area (Å²) in [4.78, 5) is 165. The third-order valence-electron chi connectivity index (χ3n) is 20.7. The summed E-state index contributed by atoms with van der Waals surface area (Å²) in [6, 6.07) is 10.8. The van der Waals surface area contributed by atoms with Gasteiger partial charge in [-0.15, -0.1) is 13.2 Å². The van der Waals surface area contributed by atoms with Crippen molar-refractivity contribution in [2.24, 2.45) is 22.7 Å². The number of methoxy groups -OCH3 is 6. The van der Waals surface area contributed by atoms with E-state index in [1.54, 1.807) is 90.1 Å². The first-order valence-electron chi connectivity index (χ1n) is 37.2. The normalized spacial score (nSPS) is 21.7. The van der Waals surface area contributed by atoms with Crippen molar-refractivity contribution in [2.75, 3.05) is 55.7 Å². The number of hydrogen-bond acceptors (Lipinski definition) is 27. The summed E-state index contributed by atoms with van der Waals surface area (Å²) in [5.41, 5.74) is -3.56. The summed E-state index contributed by atoms with van der Waals surface area (Å²) in [6.45, 7) is 17.7. The van der Waals surface area contributed by atoms with E-state index < -0.39 is 128 Å². The van der Waals surface area contributed by atoms with Gasteiger partial charge in [0.2, 0.25) is 23.6 Å². The number of nitrogens with zero attached hydrogens (tertiary/aromatic N) is 3. The molecule has 5 aromatic rings. The molecule has 11 rings (SSSR count). The molecule has 0 spiro atoms. The van der Waals surface area contributed by atoms with E-state index in [4.69, 9.17) is 52.1 Å². The maximum absolute atomic E-state index is 14.5. The molecule has 2 saturated heterocycles. The first-order chi connectivity index (χ1) is 55.3. The Morgan fingerprint density at radius 1 is 0.610 bits per heavy atom. The van der Waals surface area contributed by atoms with E-state index in [0.717, 1.165) is 51.4 Å². The summed E-state index contributed by atoms with van der Waals surface area (Å²) < 4.78 is 81.2. The van der Waals surface area contributed by atoms with Crippen LogP contribution in [-0.4, -0.2) is 210 Å². The molecule has 4 saturated carbocycles. The molecule has 34 nitrogen and oxygen atoms in total. The molecule has 0 bridgehead atoms. The van der Waals surface area contributed by atoms with Gasteiger partial charge in [-0.25, -0.2) is 33.8 Å². The summed E-state index contributed by atoms with van der Waals surface area (Å²) in [5, 5.41) is 20.5. The van der Waals surface area contributed by atoms with Crippen LogP contribution >= 0.6 is 47.8 Å². The van der Waals surface area contributed by atoms with Gasteiger partial charge < -0.3 is 88.8 Å². The van der Waals surface area contributed by atoms with Crippen molar-refractivity contribution >= 4 is 146 Å². The maximum Gasteiger partial charge on any atom is 1.00 e. The molecule has 6 aliphatic rings. The predicted octanol–water partition coefficient (Wildman–Crippen LogP) is 5.42.